The molecule has 1 rings (SSSR count). The Morgan fingerprint density at radius 2 is 2.15 bits per heavy atom. The molecule has 0 aliphatic carbocycles. The zero-order valence-corrected chi connectivity index (χ0v) is 7.53. The topological polar surface area (TPSA) is 29.5 Å². The van der Waals surface area contributed by atoms with Crippen LogP contribution in [-0.2, 0) is 4.74 Å². The average molecular weight is 184 g/mol. The van der Waals surface area contributed by atoms with E-state index in [1.807, 2.05) is 0 Å². The summed E-state index contributed by atoms with van der Waals surface area (Å²) in [5.41, 5.74) is 0.333. The van der Waals surface area contributed by atoms with E-state index in [1.54, 1.807) is 25.3 Å². The van der Waals surface area contributed by atoms with Gasteiger partial charge in [-0.1, -0.05) is 18.2 Å². The van der Waals surface area contributed by atoms with Crippen molar-refractivity contribution in [2.45, 2.75) is 12.5 Å². The fraction of sp³-hybridized carbons (Fsp3) is 0.400. The van der Waals surface area contributed by atoms with Crippen LogP contribution in [0.15, 0.2) is 24.3 Å². The van der Waals surface area contributed by atoms with Crippen LogP contribution in [0, 0.1) is 5.82 Å². The standard InChI is InChI=1S/C10H13FO2/c1-13-7-6-10(12)8-4-2-3-5-9(8)11/h2-5,10,12H,6-7H2,1H3. The second-order valence-electron chi connectivity index (χ2n) is 2.82. The molecule has 1 aromatic carbocycles. The zero-order valence-electron chi connectivity index (χ0n) is 7.53. The number of rotatable bonds is 4. The van der Waals surface area contributed by atoms with Gasteiger partial charge in [-0.25, -0.2) is 4.39 Å². The highest BCUT2D eigenvalue weighted by Gasteiger charge is 2.10. The number of benzene rings is 1. The average Bonchev–Trinajstić information content (AvgIpc) is 2.15. The quantitative estimate of drug-likeness (QED) is 0.774. The van der Waals surface area contributed by atoms with E-state index in [2.05, 4.69) is 0 Å². The van der Waals surface area contributed by atoms with E-state index in [4.69, 9.17) is 4.74 Å². The third kappa shape index (κ3) is 2.79. The highest BCUT2D eigenvalue weighted by Crippen LogP contribution is 2.19. The predicted molar refractivity (Wildman–Crippen MR) is 47.9 cm³/mol. The fourth-order valence-corrected chi connectivity index (χ4v) is 1.13. The van der Waals surface area contributed by atoms with E-state index in [9.17, 15) is 9.50 Å². The van der Waals surface area contributed by atoms with E-state index >= 15 is 0 Å². The second kappa shape index (κ2) is 4.94. The summed E-state index contributed by atoms with van der Waals surface area (Å²) in [7, 11) is 1.55. The molecule has 1 atom stereocenters. The third-order valence-corrected chi connectivity index (χ3v) is 1.86. The van der Waals surface area contributed by atoms with Crippen LogP contribution in [0.25, 0.3) is 0 Å². The number of aliphatic hydroxyl groups is 1. The van der Waals surface area contributed by atoms with Crippen molar-refractivity contribution in [2.75, 3.05) is 13.7 Å². The minimum Gasteiger partial charge on any atom is -0.388 e. The van der Waals surface area contributed by atoms with Gasteiger partial charge in [-0.15, -0.1) is 0 Å². The minimum absolute atomic E-state index is 0.333. The van der Waals surface area contributed by atoms with Crippen LogP contribution in [0.4, 0.5) is 4.39 Å². The van der Waals surface area contributed by atoms with Crippen LogP contribution >= 0.6 is 0 Å². The fourth-order valence-electron chi connectivity index (χ4n) is 1.13. The molecule has 1 unspecified atom stereocenters. The monoisotopic (exact) mass is 184 g/mol. The van der Waals surface area contributed by atoms with Gasteiger partial charge in [-0.3, -0.25) is 0 Å². The summed E-state index contributed by atoms with van der Waals surface area (Å²) in [6.45, 7) is 0.426. The zero-order chi connectivity index (χ0) is 9.68. The molecule has 0 aliphatic rings. The van der Waals surface area contributed by atoms with Gasteiger partial charge in [-0.05, 0) is 6.07 Å². The summed E-state index contributed by atoms with van der Waals surface area (Å²) in [6, 6.07) is 6.22. The van der Waals surface area contributed by atoms with Crippen LogP contribution in [0.5, 0.6) is 0 Å². The van der Waals surface area contributed by atoms with Crippen molar-refractivity contribution >= 4 is 0 Å². The summed E-state index contributed by atoms with van der Waals surface area (Å²) in [5.74, 6) is -0.369. The van der Waals surface area contributed by atoms with Gasteiger partial charge in [-0.2, -0.15) is 0 Å². The molecule has 3 heteroatoms. The van der Waals surface area contributed by atoms with Crippen LogP contribution in [-0.4, -0.2) is 18.8 Å². The Balaban J connectivity index is 2.65. The molecule has 0 bridgehead atoms. The van der Waals surface area contributed by atoms with Crippen molar-refractivity contribution in [3.05, 3.63) is 35.6 Å². The molecule has 1 aromatic rings. The van der Waals surface area contributed by atoms with Crippen LogP contribution in [0.1, 0.15) is 18.1 Å². The Labute approximate surface area is 77.0 Å². The van der Waals surface area contributed by atoms with Gasteiger partial charge in [0, 0.05) is 25.7 Å². The Kier molecular flexibility index (Phi) is 3.86. The molecule has 2 nitrogen and oxygen atoms in total. The van der Waals surface area contributed by atoms with E-state index in [0.717, 1.165) is 0 Å². The van der Waals surface area contributed by atoms with Gasteiger partial charge in [0.1, 0.15) is 5.82 Å². The Bertz CT molecular complexity index is 263. The summed E-state index contributed by atoms with van der Waals surface area (Å²) in [6.07, 6.45) is -0.363. The summed E-state index contributed by atoms with van der Waals surface area (Å²) in [5, 5.41) is 9.51. The molecule has 0 aromatic heterocycles. The lowest BCUT2D eigenvalue weighted by molar-refractivity contribution is 0.108. The lowest BCUT2D eigenvalue weighted by Gasteiger charge is -2.10. The lowest BCUT2D eigenvalue weighted by atomic mass is 10.1. The van der Waals surface area contributed by atoms with Crippen molar-refractivity contribution < 1.29 is 14.2 Å². The first kappa shape index (κ1) is 10.2. The van der Waals surface area contributed by atoms with Crippen molar-refractivity contribution in [3.8, 4) is 0 Å². The number of halogens is 1. The molecule has 0 saturated carbocycles. The molecule has 0 radical (unpaired) electrons. The lowest BCUT2D eigenvalue weighted by Crippen LogP contribution is -2.03. The summed E-state index contributed by atoms with van der Waals surface area (Å²) in [4.78, 5) is 0. The second-order valence-corrected chi connectivity index (χ2v) is 2.82. The van der Waals surface area contributed by atoms with E-state index in [1.165, 1.54) is 6.07 Å². The highest BCUT2D eigenvalue weighted by molar-refractivity contribution is 5.19. The normalized spacial score (nSPS) is 12.8. The van der Waals surface area contributed by atoms with Gasteiger partial charge in [0.15, 0.2) is 0 Å². The van der Waals surface area contributed by atoms with Gasteiger partial charge in [0.2, 0.25) is 0 Å². The largest absolute Gasteiger partial charge is 0.388 e. The Hall–Kier alpha value is -0.930. The molecule has 0 aliphatic heterocycles. The van der Waals surface area contributed by atoms with Gasteiger partial charge < -0.3 is 9.84 Å². The highest BCUT2D eigenvalue weighted by atomic mass is 19.1. The van der Waals surface area contributed by atoms with Gasteiger partial charge in [0.25, 0.3) is 0 Å². The molecule has 1 N–H and O–H groups in total. The van der Waals surface area contributed by atoms with Crippen molar-refractivity contribution in [1.29, 1.82) is 0 Å². The predicted octanol–water partition coefficient (Wildman–Crippen LogP) is 1.90. The first-order chi connectivity index (χ1) is 6.25. The minimum atomic E-state index is -0.777. The molecule has 0 fully saturated rings. The SMILES string of the molecule is COCCC(O)c1ccccc1F. The van der Waals surface area contributed by atoms with Crippen molar-refractivity contribution in [3.63, 3.8) is 0 Å². The molecule has 72 valence electrons. The summed E-state index contributed by atoms with van der Waals surface area (Å²) >= 11 is 0. The van der Waals surface area contributed by atoms with E-state index in [-0.39, 0.29) is 5.82 Å². The van der Waals surface area contributed by atoms with E-state index < -0.39 is 6.10 Å². The summed E-state index contributed by atoms with van der Waals surface area (Å²) < 4.78 is 17.9. The maximum absolute atomic E-state index is 13.1. The molecular formula is C10H13FO2. The number of hydrogen-bond donors (Lipinski definition) is 1. The molecule has 0 spiro atoms. The van der Waals surface area contributed by atoms with Crippen molar-refractivity contribution in [1.82, 2.24) is 0 Å². The molecule has 0 saturated heterocycles. The number of hydrogen-bond acceptors (Lipinski definition) is 2. The Morgan fingerprint density at radius 3 is 2.77 bits per heavy atom. The van der Waals surface area contributed by atoms with Gasteiger partial charge >= 0.3 is 0 Å². The van der Waals surface area contributed by atoms with Crippen LogP contribution in [0.2, 0.25) is 0 Å². The third-order valence-electron chi connectivity index (χ3n) is 1.86. The molecular weight excluding hydrogens is 171 g/mol. The molecule has 13 heavy (non-hydrogen) atoms. The molecule has 0 heterocycles. The van der Waals surface area contributed by atoms with Crippen LogP contribution < -0.4 is 0 Å². The van der Waals surface area contributed by atoms with Crippen LogP contribution in [0.3, 0.4) is 0 Å². The smallest absolute Gasteiger partial charge is 0.128 e. The van der Waals surface area contributed by atoms with Crippen molar-refractivity contribution in [2.24, 2.45) is 0 Å². The van der Waals surface area contributed by atoms with Gasteiger partial charge in [0.05, 0.1) is 6.10 Å². The first-order valence-electron chi connectivity index (χ1n) is 4.17. The Morgan fingerprint density at radius 1 is 1.46 bits per heavy atom. The number of methoxy groups -OCH3 is 1. The first-order valence-corrected chi connectivity index (χ1v) is 4.17. The maximum atomic E-state index is 13.1. The molecule has 0 amide bonds. The maximum Gasteiger partial charge on any atom is 0.128 e. The number of aliphatic hydroxyl groups excluding tert-OH is 1. The van der Waals surface area contributed by atoms with E-state index in [0.29, 0.717) is 18.6 Å². The number of ether oxygens (including phenoxy) is 1.